The van der Waals surface area contributed by atoms with Gasteiger partial charge in [0.2, 0.25) is 0 Å². The van der Waals surface area contributed by atoms with E-state index in [9.17, 15) is 0 Å². The van der Waals surface area contributed by atoms with Gasteiger partial charge in [-0.15, -0.1) is 10.2 Å². The van der Waals surface area contributed by atoms with Crippen molar-refractivity contribution in [2.75, 3.05) is 29.5 Å². The van der Waals surface area contributed by atoms with Crippen molar-refractivity contribution < 1.29 is 0 Å². The maximum atomic E-state index is 4.38. The largest absolute Gasteiger partial charge is 0.353 e. The fourth-order valence-electron chi connectivity index (χ4n) is 2.95. The first-order chi connectivity index (χ1) is 9.92. The summed E-state index contributed by atoms with van der Waals surface area (Å²) in [6.07, 6.45) is 11.3. The number of hydrogen-bond donors (Lipinski definition) is 0. The minimum Gasteiger partial charge on any atom is -0.353 e. The van der Waals surface area contributed by atoms with Crippen molar-refractivity contribution in [2.24, 2.45) is 5.92 Å². The van der Waals surface area contributed by atoms with Crippen LogP contribution in [0.5, 0.6) is 0 Å². The molecule has 108 valence electrons. The lowest BCUT2D eigenvalue weighted by atomic mass is 9.89. The molecule has 0 radical (unpaired) electrons. The molecule has 2 fully saturated rings. The fraction of sp³-hybridized carbons (Fsp3) is 0.625. The summed E-state index contributed by atoms with van der Waals surface area (Å²) in [5.74, 6) is 4.18. The van der Waals surface area contributed by atoms with Crippen molar-refractivity contribution in [1.82, 2.24) is 10.2 Å². The maximum absolute atomic E-state index is 4.38. The molecule has 4 heteroatoms. The molecule has 0 atom stereocenters. The van der Waals surface area contributed by atoms with Crippen molar-refractivity contribution in [1.29, 1.82) is 0 Å². The van der Waals surface area contributed by atoms with Gasteiger partial charge in [-0.2, -0.15) is 11.8 Å². The molecule has 1 aromatic rings. The van der Waals surface area contributed by atoms with E-state index >= 15 is 0 Å². The number of thioether (sulfide) groups is 1. The molecule has 1 saturated carbocycles. The molecule has 20 heavy (non-hydrogen) atoms. The average Bonchev–Trinajstić information content (AvgIpc) is 2.55. The fourth-order valence-corrected chi connectivity index (χ4v) is 3.85. The van der Waals surface area contributed by atoms with Crippen LogP contribution in [0.15, 0.2) is 18.2 Å². The van der Waals surface area contributed by atoms with E-state index in [1.165, 1.54) is 43.6 Å². The molecule has 0 N–H and O–H groups in total. The molecule has 2 heterocycles. The van der Waals surface area contributed by atoms with Crippen LogP contribution >= 0.6 is 11.8 Å². The van der Waals surface area contributed by atoms with Gasteiger partial charge in [-0.05, 0) is 37.0 Å². The van der Waals surface area contributed by atoms with Gasteiger partial charge in [-0.1, -0.05) is 25.3 Å². The Morgan fingerprint density at radius 3 is 2.55 bits per heavy atom. The highest BCUT2D eigenvalue weighted by Gasteiger charge is 2.13. The van der Waals surface area contributed by atoms with Crippen LogP contribution in [0, 0.1) is 5.92 Å². The van der Waals surface area contributed by atoms with Crippen LogP contribution in [0.4, 0.5) is 5.82 Å². The van der Waals surface area contributed by atoms with E-state index < -0.39 is 0 Å². The molecule has 2 aliphatic rings. The molecular formula is C16H23N3S. The Morgan fingerprint density at radius 2 is 1.85 bits per heavy atom. The third-order valence-corrected chi connectivity index (χ3v) is 5.14. The van der Waals surface area contributed by atoms with Crippen molar-refractivity contribution in [3.05, 3.63) is 23.9 Å². The highest BCUT2D eigenvalue weighted by atomic mass is 32.2. The maximum Gasteiger partial charge on any atom is 0.151 e. The Labute approximate surface area is 125 Å². The van der Waals surface area contributed by atoms with Crippen LogP contribution in [-0.2, 0) is 0 Å². The third-order valence-electron chi connectivity index (χ3n) is 4.20. The predicted octanol–water partition coefficient (Wildman–Crippen LogP) is 3.62. The standard InChI is InChI=1S/C16H23N3S/c1-2-4-14(5-3-1)6-7-15-8-9-16(18-17-15)19-10-12-20-13-11-19/h6-9,14H,1-5,10-13H2/b7-6+. The number of rotatable bonds is 3. The molecule has 1 aromatic heterocycles. The van der Waals surface area contributed by atoms with Crippen molar-refractivity contribution >= 4 is 23.7 Å². The summed E-state index contributed by atoms with van der Waals surface area (Å²) < 4.78 is 0. The number of nitrogens with zero attached hydrogens (tertiary/aromatic N) is 3. The van der Waals surface area contributed by atoms with E-state index in [0.717, 1.165) is 30.5 Å². The highest BCUT2D eigenvalue weighted by Crippen LogP contribution is 2.25. The van der Waals surface area contributed by atoms with Gasteiger partial charge in [0.15, 0.2) is 5.82 Å². The lowest BCUT2D eigenvalue weighted by molar-refractivity contribution is 0.420. The average molecular weight is 289 g/mol. The number of anilines is 1. The SMILES string of the molecule is C(=C\C1CCCCC1)/c1ccc(N2CCSCC2)nn1. The second-order valence-electron chi connectivity index (χ2n) is 5.67. The van der Waals surface area contributed by atoms with E-state index in [0.29, 0.717) is 0 Å². The first-order valence-electron chi connectivity index (χ1n) is 7.76. The molecular weight excluding hydrogens is 266 g/mol. The molecule has 3 rings (SSSR count). The summed E-state index contributed by atoms with van der Waals surface area (Å²) in [5.41, 5.74) is 0.991. The molecule has 1 saturated heterocycles. The zero-order chi connectivity index (χ0) is 13.6. The summed E-state index contributed by atoms with van der Waals surface area (Å²) in [6, 6.07) is 4.22. The van der Waals surface area contributed by atoms with Crippen molar-refractivity contribution in [3.8, 4) is 0 Å². The molecule has 1 aliphatic carbocycles. The summed E-state index contributed by atoms with van der Waals surface area (Å²) in [7, 11) is 0. The van der Waals surface area contributed by atoms with Gasteiger partial charge < -0.3 is 4.90 Å². The summed E-state index contributed by atoms with van der Waals surface area (Å²) in [4.78, 5) is 2.33. The molecule has 0 unspecified atom stereocenters. The van der Waals surface area contributed by atoms with Gasteiger partial charge in [0.25, 0.3) is 0 Å². The predicted molar refractivity (Wildman–Crippen MR) is 87.2 cm³/mol. The van der Waals surface area contributed by atoms with Crippen LogP contribution in [0.25, 0.3) is 6.08 Å². The first kappa shape index (κ1) is 13.9. The van der Waals surface area contributed by atoms with Crippen LogP contribution in [0.3, 0.4) is 0 Å². The monoisotopic (exact) mass is 289 g/mol. The highest BCUT2D eigenvalue weighted by molar-refractivity contribution is 7.99. The van der Waals surface area contributed by atoms with Crippen LogP contribution in [0.1, 0.15) is 37.8 Å². The zero-order valence-electron chi connectivity index (χ0n) is 12.0. The second kappa shape index (κ2) is 7.11. The minimum absolute atomic E-state index is 0.754. The van der Waals surface area contributed by atoms with E-state index in [1.807, 2.05) is 11.8 Å². The quantitative estimate of drug-likeness (QED) is 0.850. The Balaban J connectivity index is 1.59. The van der Waals surface area contributed by atoms with Crippen molar-refractivity contribution in [2.45, 2.75) is 32.1 Å². The van der Waals surface area contributed by atoms with Crippen LogP contribution < -0.4 is 4.90 Å². The topological polar surface area (TPSA) is 29.0 Å². The molecule has 0 spiro atoms. The third kappa shape index (κ3) is 3.75. The summed E-state index contributed by atoms with van der Waals surface area (Å²) in [6.45, 7) is 2.19. The second-order valence-corrected chi connectivity index (χ2v) is 6.90. The zero-order valence-corrected chi connectivity index (χ0v) is 12.8. The van der Waals surface area contributed by atoms with E-state index in [1.54, 1.807) is 0 Å². The van der Waals surface area contributed by atoms with Gasteiger partial charge in [-0.25, -0.2) is 0 Å². The van der Waals surface area contributed by atoms with Gasteiger partial charge in [-0.3, -0.25) is 0 Å². The Kier molecular flexibility index (Phi) is 4.96. The van der Waals surface area contributed by atoms with Gasteiger partial charge in [0.05, 0.1) is 5.69 Å². The van der Waals surface area contributed by atoms with Gasteiger partial charge in [0.1, 0.15) is 0 Å². The van der Waals surface area contributed by atoms with Crippen molar-refractivity contribution in [3.63, 3.8) is 0 Å². The normalized spacial score (nSPS) is 21.5. The first-order valence-corrected chi connectivity index (χ1v) is 8.92. The molecule has 1 aliphatic heterocycles. The minimum atomic E-state index is 0.754. The molecule has 3 nitrogen and oxygen atoms in total. The smallest absolute Gasteiger partial charge is 0.151 e. The Morgan fingerprint density at radius 1 is 1.05 bits per heavy atom. The lowest BCUT2D eigenvalue weighted by Gasteiger charge is -2.26. The van der Waals surface area contributed by atoms with Crippen LogP contribution in [0.2, 0.25) is 0 Å². The molecule has 0 bridgehead atoms. The number of allylic oxidation sites excluding steroid dienone is 1. The van der Waals surface area contributed by atoms with E-state index in [4.69, 9.17) is 0 Å². The van der Waals surface area contributed by atoms with Crippen LogP contribution in [-0.4, -0.2) is 34.8 Å². The lowest BCUT2D eigenvalue weighted by Crippen LogP contribution is -2.33. The number of hydrogen-bond acceptors (Lipinski definition) is 4. The Hall–Kier alpha value is -1.03. The van der Waals surface area contributed by atoms with Gasteiger partial charge in [0, 0.05) is 24.6 Å². The molecule has 0 aromatic carbocycles. The van der Waals surface area contributed by atoms with Gasteiger partial charge >= 0.3 is 0 Å². The summed E-state index contributed by atoms with van der Waals surface area (Å²) in [5, 5.41) is 8.73. The summed E-state index contributed by atoms with van der Waals surface area (Å²) >= 11 is 2.02. The Bertz CT molecular complexity index is 432. The van der Waals surface area contributed by atoms with E-state index in [2.05, 4.69) is 39.4 Å². The number of aromatic nitrogens is 2. The molecule has 0 amide bonds. The van der Waals surface area contributed by atoms with E-state index in [-0.39, 0.29) is 0 Å².